The third kappa shape index (κ3) is 1.82. The largest absolute Gasteiger partial charge is 0.371 e. The van der Waals surface area contributed by atoms with Gasteiger partial charge in [0.2, 0.25) is 6.04 Å². The van der Waals surface area contributed by atoms with Crippen molar-refractivity contribution in [2.75, 3.05) is 7.11 Å². The molecule has 1 saturated carbocycles. The van der Waals surface area contributed by atoms with Crippen LogP contribution in [0, 0.1) is 10.1 Å². The number of ether oxygens (including phenoxy) is 1. The molecule has 0 amide bonds. The first-order valence-electron chi connectivity index (χ1n) is 4.07. The Morgan fingerprint density at radius 1 is 1.36 bits per heavy atom. The van der Waals surface area contributed by atoms with Crippen molar-refractivity contribution in [3.8, 4) is 0 Å². The highest BCUT2D eigenvalue weighted by molar-refractivity contribution is 4.94. The number of hydrogen-bond acceptors (Lipinski definition) is 3. The van der Waals surface area contributed by atoms with Crippen LogP contribution in [0.5, 0.6) is 0 Å². The molecule has 0 radical (unpaired) electrons. The van der Waals surface area contributed by atoms with Crippen molar-refractivity contribution < 1.29 is 22.8 Å². The number of hydrogen-bond donors (Lipinski definition) is 0. The number of methoxy groups -OCH3 is 1. The monoisotopic (exact) mass is 213 g/mol. The van der Waals surface area contributed by atoms with E-state index < -0.39 is 42.0 Å². The molecule has 0 heterocycles. The van der Waals surface area contributed by atoms with E-state index in [2.05, 4.69) is 4.74 Å². The van der Waals surface area contributed by atoms with Gasteiger partial charge in [-0.05, 0) is 0 Å². The zero-order valence-corrected chi connectivity index (χ0v) is 7.40. The van der Waals surface area contributed by atoms with Gasteiger partial charge in [-0.25, -0.2) is 13.2 Å². The van der Waals surface area contributed by atoms with Crippen molar-refractivity contribution >= 4 is 0 Å². The maximum absolute atomic E-state index is 13.1. The minimum absolute atomic E-state index is 0.646. The van der Waals surface area contributed by atoms with Gasteiger partial charge < -0.3 is 4.74 Å². The van der Waals surface area contributed by atoms with E-state index in [1.165, 1.54) is 0 Å². The van der Waals surface area contributed by atoms with Crippen molar-refractivity contribution in [3.63, 3.8) is 0 Å². The second-order valence-corrected chi connectivity index (χ2v) is 3.19. The highest BCUT2D eigenvalue weighted by Crippen LogP contribution is 2.30. The summed E-state index contributed by atoms with van der Waals surface area (Å²) in [6, 6.07) is -1.52. The van der Waals surface area contributed by atoms with E-state index in [0.717, 1.165) is 7.11 Å². The summed E-state index contributed by atoms with van der Waals surface area (Å²) < 4.78 is 43.1. The molecular formula is C7H10F3NO3. The third-order valence-corrected chi connectivity index (χ3v) is 2.35. The lowest BCUT2D eigenvalue weighted by Crippen LogP contribution is -2.54. The molecule has 5 atom stereocenters. The van der Waals surface area contributed by atoms with Gasteiger partial charge in [-0.1, -0.05) is 0 Å². The molecule has 7 heteroatoms. The smallest absolute Gasteiger partial charge is 0.244 e. The Bertz CT molecular complexity index is 228. The van der Waals surface area contributed by atoms with E-state index in [1.54, 1.807) is 0 Å². The van der Waals surface area contributed by atoms with Gasteiger partial charge in [0.1, 0.15) is 6.17 Å². The lowest BCUT2D eigenvalue weighted by Gasteiger charge is -2.31. The Morgan fingerprint density at radius 2 is 1.93 bits per heavy atom. The van der Waals surface area contributed by atoms with Gasteiger partial charge in [-0.2, -0.15) is 0 Å². The Kier molecular flexibility index (Phi) is 3.30. The highest BCUT2D eigenvalue weighted by Gasteiger charge is 2.52. The fourth-order valence-corrected chi connectivity index (χ4v) is 1.58. The van der Waals surface area contributed by atoms with E-state index in [9.17, 15) is 23.3 Å². The zero-order valence-electron chi connectivity index (χ0n) is 7.40. The molecule has 0 spiro atoms. The lowest BCUT2D eigenvalue weighted by atomic mass is 9.88. The van der Waals surface area contributed by atoms with E-state index in [1.807, 2.05) is 0 Å². The predicted molar refractivity (Wildman–Crippen MR) is 40.9 cm³/mol. The topological polar surface area (TPSA) is 52.4 Å². The Hall–Kier alpha value is -0.850. The molecule has 1 rings (SSSR count). The van der Waals surface area contributed by atoms with Crippen molar-refractivity contribution in [2.45, 2.75) is 37.1 Å². The first kappa shape index (κ1) is 11.2. The molecule has 0 aliphatic heterocycles. The third-order valence-electron chi connectivity index (χ3n) is 2.35. The minimum Gasteiger partial charge on any atom is -0.371 e. The number of nitro groups is 1. The maximum Gasteiger partial charge on any atom is 0.244 e. The fourth-order valence-electron chi connectivity index (χ4n) is 1.58. The minimum atomic E-state index is -2.34. The van der Waals surface area contributed by atoms with Gasteiger partial charge in [-0.3, -0.25) is 10.1 Å². The van der Waals surface area contributed by atoms with Crippen LogP contribution >= 0.6 is 0 Å². The average Bonchev–Trinajstić information content (AvgIpc) is 2.13. The summed E-state index contributed by atoms with van der Waals surface area (Å²) in [5.41, 5.74) is 0. The molecule has 4 nitrogen and oxygen atoms in total. The number of rotatable bonds is 2. The summed E-state index contributed by atoms with van der Waals surface area (Å²) in [6.45, 7) is 0. The van der Waals surface area contributed by atoms with Crippen molar-refractivity contribution in [1.82, 2.24) is 0 Å². The molecule has 0 aromatic carbocycles. The lowest BCUT2D eigenvalue weighted by molar-refractivity contribution is -0.543. The van der Waals surface area contributed by atoms with E-state index in [-0.39, 0.29) is 0 Å². The van der Waals surface area contributed by atoms with Crippen LogP contribution in [0.1, 0.15) is 6.42 Å². The second kappa shape index (κ2) is 4.12. The van der Waals surface area contributed by atoms with Crippen molar-refractivity contribution in [2.24, 2.45) is 0 Å². The van der Waals surface area contributed by atoms with Gasteiger partial charge >= 0.3 is 0 Å². The van der Waals surface area contributed by atoms with E-state index in [0.29, 0.717) is 0 Å². The van der Waals surface area contributed by atoms with Crippen LogP contribution < -0.4 is 0 Å². The molecule has 0 aromatic heterocycles. The maximum atomic E-state index is 13.1. The van der Waals surface area contributed by atoms with Gasteiger partial charge in [0, 0.05) is 12.0 Å². The summed E-state index contributed by atoms with van der Waals surface area (Å²) in [6.07, 6.45) is -8.90. The van der Waals surface area contributed by atoms with Gasteiger partial charge in [-0.15, -0.1) is 0 Å². The molecule has 1 aliphatic carbocycles. The molecule has 0 N–H and O–H groups in total. The van der Waals surface area contributed by atoms with Crippen LogP contribution in [0.15, 0.2) is 0 Å². The Labute approximate surface area is 78.2 Å². The molecule has 0 bridgehead atoms. The standard InChI is InChI=1S/C7H10F3NO3/c1-14-7-4(11(12)13)2-3(8)5(9)6(7)10/h3-7H,2H2,1H3. The number of halogens is 3. The van der Waals surface area contributed by atoms with Crippen LogP contribution in [0.2, 0.25) is 0 Å². The van der Waals surface area contributed by atoms with Gasteiger partial charge in [0.15, 0.2) is 18.4 Å². The summed E-state index contributed by atoms with van der Waals surface area (Å²) >= 11 is 0. The Balaban J connectivity index is 2.82. The molecule has 1 fully saturated rings. The normalized spacial score (nSPS) is 43.6. The van der Waals surface area contributed by atoms with Crippen molar-refractivity contribution in [1.29, 1.82) is 0 Å². The fraction of sp³-hybridized carbons (Fsp3) is 1.00. The van der Waals surface area contributed by atoms with E-state index >= 15 is 0 Å². The average molecular weight is 213 g/mol. The summed E-state index contributed by atoms with van der Waals surface area (Å²) in [5, 5.41) is 10.4. The van der Waals surface area contributed by atoms with Crippen LogP contribution in [-0.4, -0.2) is 42.7 Å². The quantitative estimate of drug-likeness (QED) is 0.509. The second-order valence-electron chi connectivity index (χ2n) is 3.19. The van der Waals surface area contributed by atoms with Crippen molar-refractivity contribution in [3.05, 3.63) is 10.1 Å². The molecule has 82 valence electrons. The molecule has 14 heavy (non-hydrogen) atoms. The molecule has 0 saturated heterocycles. The molecule has 0 aromatic rings. The molecule has 1 aliphatic rings. The summed E-state index contributed by atoms with van der Waals surface area (Å²) in [7, 11) is 1.04. The van der Waals surface area contributed by atoms with Gasteiger partial charge in [0.25, 0.3) is 0 Å². The number of nitrogens with zero attached hydrogens (tertiary/aromatic N) is 1. The zero-order chi connectivity index (χ0) is 10.9. The Morgan fingerprint density at radius 3 is 2.36 bits per heavy atom. The van der Waals surface area contributed by atoms with Crippen LogP contribution in [0.25, 0.3) is 0 Å². The van der Waals surface area contributed by atoms with Gasteiger partial charge in [0.05, 0.1) is 6.42 Å². The molecule has 5 unspecified atom stereocenters. The summed E-state index contributed by atoms with van der Waals surface area (Å²) in [4.78, 5) is 9.56. The van der Waals surface area contributed by atoms with E-state index in [4.69, 9.17) is 0 Å². The van der Waals surface area contributed by atoms with Crippen LogP contribution in [0.4, 0.5) is 13.2 Å². The first-order valence-corrected chi connectivity index (χ1v) is 4.07. The summed E-state index contributed by atoms with van der Waals surface area (Å²) in [5.74, 6) is 0. The van der Waals surface area contributed by atoms with Crippen LogP contribution in [0.3, 0.4) is 0 Å². The predicted octanol–water partition coefficient (Wildman–Crippen LogP) is 1.06. The van der Waals surface area contributed by atoms with Crippen LogP contribution in [-0.2, 0) is 4.74 Å². The SMILES string of the molecule is COC1C(F)C(F)C(F)CC1[N+](=O)[O-]. The first-order chi connectivity index (χ1) is 6.49. The molecular weight excluding hydrogens is 203 g/mol. The highest BCUT2D eigenvalue weighted by atomic mass is 19.2. The number of alkyl halides is 3.